The van der Waals surface area contributed by atoms with Crippen LogP contribution in [0.5, 0.6) is 0 Å². The van der Waals surface area contributed by atoms with Crippen LogP contribution in [0.4, 0.5) is 10.2 Å². The van der Waals surface area contributed by atoms with Crippen LogP contribution >= 0.6 is 0 Å². The molecule has 0 unspecified atom stereocenters. The molecule has 1 saturated heterocycles. The summed E-state index contributed by atoms with van der Waals surface area (Å²) in [5.74, 6) is 5.55. The Labute approximate surface area is 197 Å². The summed E-state index contributed by atoms with van der Waals surface area (Å²) in [5.41, 5.74) is 7.86. The molecule has 0 saturated carbocycles. The number of nitrogens with two attached hydrogens (primary N) is 1. The van der Waals surface area contributed by atoms with E-state index in [4.69, 9.17) is 5.73 Å². The van der Waals surface area contributed by atoms with E-state index in [1.54, 1.807) is 36.2 Å². The lowest BCUT2D eigenvalue weighted by molar-refractivity contribution is -0.00213. The van der Waals surface area contributed by atoms with Gasteiger partial charge in [0.2, 0.25) is 0 Å². The maximum atomic E-state index is 15.1. The number of carbonyl (C=O) groups is 1. The largest absolute Gasteiger partial charge is 0.390 e. The van der Waals surface area contributed by atoms with Crippen LogP contribution in [-0.2, 0) is 6.42 Å². The molecular formula is C26H26FN5O2. The highest BCUT2D eigenvalue weighted by Gasteiger charge is 2.31. The maximum Gasteiger partial charge on any atom is 0.256 e. The number of aryl methyl sites for hydroxylation is 1. The van der Waals surface area contributed by atoms with Crippen molar-refractivity contribution in [2.45, 2.75) is 38.7 Å². The lowest BCUT2D eigenvalue weighted by atomic mass is 9.93. The molecule has 0 bridgehead atoms. The molecule has 0 radical (unpaired) electrons. The van der Waals surface area contributed by atoms with Gasteiger partial charge in [0.05, 0.1) is 28.1 Å². The van der Waals surface area contributed by atoms with E-state index in [1.165, 1.54) is 18.5 Å². The number of aromatic nitrogens is 3. The Balaban J connectivity index is 1.66. The molecule has 0 aliphatic carbocycles. The summed E-state index contributed by atoms with van der Waals surface area (Å²) in [5, 5.41) is 10.1. The van der Waals surface area contributed by atoms with Crippen molar-refractivity contribution < 1.29 is 14.3 Å². The summed E-state index contributed by atoms with van der Waals surface area (Å²) in [6.07, 6.45) is 4.56. The second-order valence-corrected chi connectivity index (χ2v) is 8.60. The number of carbonyl (C=O) groups excluding carboxylic acids is 1. The molecule has 174 valence electrons. The summed E-state index contributed by atoms with van der Waals surface area (Å²) < 4.78 is 15.1. The Morgan fingerprint density at radius 3 is 2.59 bits per heavy atom. The second-order valence-electron chi connectivity index (χ2n) is 8.60. The van der Waals surface area contributed by atoms with E-state index in [1.807, 2.05) is 6.92 Å². The van der Waals surface area contributed by atoms with Crippen LogP contribution in [0.1, 0.15) is 53.9 Å². The summed E-state index contributed by atoms with van der Waals surface area (Å²) in [4.78, 5) is 27.2. The van der Waals surface area contributed by atoms with Gasteiger partial charge in [0, 0.05) is 30.4 Å². The molecule has 0 spiro atoms. The van der Waals surface area contributed by atoms with Gasteiger partial charge in [0.15, 0.2) is 0 Å². The van der Waals surface area contributed by atoms with Gasteiger partial charge < -0.3 is 15.7 Å². The van der Waals surface area contributed by atoms with E-state index in [2.05, 4.69) is 26.8 Å². The van der Waals surface area contributed by atoms with Crippen LogP contribution in [0, 0.1) is 17.7 Å². The van der Waals surface area contributed by atoms with Gasteiger partial charge >= 0.3 is 0 Å². The Morgan fingerprint density at radius 1 is 1.18 bits per heavy atom. The molecular weight excluding hydrogens is 433 g/mol. The first kappa shape index (κ1) is 23.3. The first-order chi connectivity index (χ1) is 16.3. The van der Waals surface area contributed by atoms with Crippen LogP contribution in [0.2, 0.25) is 0 Å². The number of hydrogen-bond donors (Lipinski definition) is 2. The van der Waals surface area contributed by atoms with Crippen LogP contribution < -0.4 is 5.73 Å². The summed E-state index contributed by atoms with van der Waals surface area (Å²) in [7, 11) is 0. The fourth-order valence-corrected chi connectivity index (χ4v) is 3.85. The third-order valence-electron chi connectivity index (χ3n) is 5.98. The van der Waals surface area contributed by atoms with Gasteiger partial charge in [-0.25, -0.2) is 19.3 Å². The van der Waals surface area contributed by atoms with Crippen LogP contribution in [0.25, 0.3) is 11.3 Å². The Hall–Kier alpha value is -3.83. The Kier molecular flexibility index (Phi) is 6.57. The maximum absolute atomic E-state index is 15.1. The van der Waals surface area contributed by atoms with Crippen LogP contribution in [-0.4, -0.2) is 49.6 Å². The highest BCUT2D eigenvalue weighted by molar-refractivity contribution is 5.95. The van der Waals surface area contributed by atoms with Crippen molar-refractivity contribution in [3.05, 3.63) is 71.1 Å². The first-order valence-corrected chi connectivity index (χ1v) is 11.2. The summed E-state index contributed by atoms with van der Waals surface area (Å²) in [6, 6.07) is 7.90. The molecule has 3 aromatic rings. The lowest BCUT2D eigenvalue weighted by Gasteiger charge is -2.35. The Morgan fingerprint density at radius 2 is 1.94 bits per heavy atom. The molecule has 1 aromatic carbocycles. The third-order valence-corrected chi connectivity index (χ3v) is 5.98. The molecule has 1 fully saturated rings. The average Bonchev–Trinajstić information content (AvgIpc) is 2.83. The quantitative estimate of drug-likeness (QED) is 0.583. The zero-order valence-corrected chi connectivity index (χ0v) is 19.2. The molecule has 3 heterocycles. The van der Waals surface area contributed by atoms with Gasteiger partial charge in [-0.2, -0.15) is 0 Å². The zero-order valence-electron chi connectivity index (χ0n) is 19.2. The van der Waals surface area contributed by atoms with E-state index in [0.29, 0.717) is 60.6 Å². The number of anilines is 1. The predicted molar refractivity (Wildman–Crippen MR) is 127 cm³/mol. The van der Waals surface area contributed by atoms with Crippen molar-refractivity contribution in [1.29, 1.82) is 0 Å². The smallest absolute Gasteiger partial charge is 0.256 e. The number of piperidine rings is 1. The van der Waals surface area contributed by atoms with Crippen LogP contribution in [0.3, 0.4) is 0 Å². The molecule has 1 aliphatic rings. The fourth-order valence-electron chi connectivity index (χ4n) is 3.85. The number of halogens is 1. The van der Waals surface area contributed by atoms with Crippen LogP contribution in [0.15, 0.2) is 42.9 Å². The SMILES string of the molecule is CCc1ncnc(-c2ccc(C(=O)N3CCC(C)(O)CC3)c(F)c2)c1C#Cc1ccc(N)nc1. The molecule has 2 aromatic heterocycles. The third kappa shape index (κ3) is 5.05. The van der Waals surface area contributed by atoms with E-state index in [9.17, 15) is 9.90 Å². The number of nitrogens with zero attached hydrogens (tertiary/aromatic N) is 4. The normalized spacial score (nSPS) is 14.9. The second kappa shape index (κ2) is 9.57. The van der Waals surface area contributed by atoms with Gasteiger partial charge in [-0.1, -0.05) is 24.8 Å². The molecule has 3 N–H and O–H groups in total. The highest BCUT2D eigenvalue weighted by Crippen LogP contribution is 2.27. The molecule has 1 aliphatic heterocycles. The Bertz CT molecular complexity index is 1270. The predicted octanol–water partition coefficient (Wildman–Crippen LogP) is 3.21. The number of hydrogen-bond acceptors (Lipinski definition) is 6. The zero-order chi connectivity index (χ0) is 24.3. The number of aliphatic hydroxyl groups is 1. The minimum Gasteiger partial charge on any atom is -0.390 e. The number of amides is 1. The topological polar surface area (TPSA) is 105 Å². The minimum atomic E-state index is -0.789. The fraction of sp³-hybridized carbons (Fsp3) is 0.308. The van der Waals surface area contributed by atoms with Crippen molar-refractivity contribution in [2.75, 3.05) is 18.8 Å². The molecule has 8 heteroatoms. The lowest BCUT2D eigenvalue weighted by Crippen LogP contribution is -2.45. The van der Waals surface area contributed by atoms with Gasteiger partial charge in [-0.15, -0.1) is 0 Å². The number of rotatable bonds is 3. The van der Waals surface area contributed by atoms with Crippen molar-refractivity contribution >= 4 is 11.7 Å². The molecule has 1 amide bonds. The minimum absolute atomic E-state index is 0.00403. The summed E-state index contributed by atoms with van der Waals surface area (Å²) in [6.45, 7) is 4.48. The molecule has 0 atom stereocenters. The summed E-state index contributed by atoms with van der Waals surface area (Å²) >= 11 is 0. The van der Waals surface area contributed by atoms with Crippen molar-refractivity contribution in [2.24, 2.45) is 0 Å². The number of benzene rings is 1. The van der Waals surface area contributed by atoms with E-state index in [0.717, 1.165) is 5.69 Å². The number of pyridine rings is 1. The first-order valence-electron chi connectivity index (χ1n) is 11.2. The van der Waals surface area contributed by atoms with Gasteiger partial charge in [0.1, 0.15) is 18.0 Å². The van der Waals surface area contributed by atoms with E-state index < -0.39 is 11.4 Å². The van der Waals surface area contributed by atoms with Gasteiger partial charge in [0.25, 0.3) is 5.91 Å². The molecule has 4 rings (SSSR count). The van der Waals surface area contributed by atoms with Crippen molar-refractivity contribution in [3.8, 4) is 23.1 Å². The average molecular weight is 460 g/mol. The van der Waals surface area contributed by atoms with Crippen molar-refractivity contribution in [3.63, 3.8) is 0 Å². The monoisotopic (exact) mass is 459 g/mol. The van der Waals surface area contributed by atoms with Gasteiger partial charge in [-0.05, 0) is 50.5 Å². The number of likely N-dealkylation sites (tertiary alicyclic amines) is 1. The van der Waals surface area contributed by atoms with Gasteiger partial charge in [-0.3, -0.25) is 4.79 Å². The molecule has 7 nitrogen and oxygen atoms in total. The van der Waals surface area contributed by atoms with E-state index in [-0.39, 0.29) is 11.5 Å². The standard InChI is InChI=1S/C26H26FN5O2/c1-3-22-20(7-4-17-5-9-23(28)29-15-17)24(31-16-30-22)18-6-8-19(21(27)14-18)25(33)32-12-10-26(2,34)11-13-32/h5-6,8-9,14-16,34H,3,10-13H2,1-2H3,(H2,28,29). The van der Waals surface area contributed by atoms with Crippen molar-refractivity contribution in [1.82, 2.24) is 19.9 Å². The molecule has 34 heavy (non-hydrogen) atoms. The number of nitrogen functional groups attached to an aromatic ring is 1. The van der Waals surface area contributed by atoms with E-state index >= 15 is 4.39 Å². The highest BCUT2D eigenvalue weighted by atomic mass is 19.1.